The van der Waals surface area contributed by atoms with Crippen LogP contribution in [0.25, 0.3) is 0 Å². The molecule has 2 rings (SSSR count). The fourth-order valence-electron chi connectivity index (χ4n) is 2.00. The number of rotatable bonds is 7. The molecule has 0 saturated carbocycles. The van der Waals surface area contributed by atoms with E-state index < -0.39 is 0 Å². The molecular formula is C15H20BrN3S. The van der Waals surface area contributed by atoms with Gasteiger partial charge in [0, 0.05) is 25.8 Å². The van der Waals surface area contributed by atoms with E-state index in [0.29, 0.717) is 0 Å². The van der Waals surface area contributed by atoms with Crippen LogP contribution < -0.4 is 5.32 Å². The second-order valence-electron chi connectivity index (χ2n) is 4.87. The van der Waals surface area contributed by atoms with E-state index in [2.05, 4.69) is 68.7 Å². The molecule has 0 aliphatic carbocycles. The molecule has 0 spiro atoms. The summed E-state index contributed by atoms with van der Waals surface area (Å²) in [6, 6.07) is 6.45. The number of aromatic nitrogens is 1. The molecule has 0 aliphatic rings. The molecule has 0 aliphatic heterocycles. The lowest BCUT2D eigenvalue weighted by Gasteiger charge is -2.15. The second-order valence-corrected chi connectivity index (χ2v) is 7.16. The van der Waals surface area contributed by atoms with Gasteiger partial charge in [-0.2, -0.15) is 0 Å². The summed E-state index contributed by atoms with van der Waals surface area (Å²) >= 11 is 5.23. The smallest absolute Gasteiger partial charge is 0.0701 e. The van der Waals surface area contributed by atoms with E-state index in [4.69, 9.17) is 0 Å². The summed E-state index contributed by atoms with van der Waals surface area (Å²) in [5, 5.41) is 5.49. The summed E-state index contributed by atoms with van der Waals surface area (Å²) in [5.74, 6) is 0. The Morgan fingerprint density at radius 1 is 1.30 bits per heavy atom. The monoisotopic (exact) mass is 353 g/mol. The third kappa shape index (κ3) is 4.98. The van der Waals surface area contributed by atoms with E-state index >= 15 is 0 Å². The van der Waals surface area contributed by atoms with Gasteiger partial charge in [0.05, 0.1) is 9.48 Å². The molecule has 1 N–H and O–H groups in total. The van der Waals surface area contributed by atoms with Crippen LogP contribution in [0.15, 0.2) is 33.6 Å². The summed E-state index contributed by atoms with van der Waals surface area (Å²) in [6.45, 7) is 5.81. The van der Waals surface area contributed by atoms with Gasteiger partial charge >= 0.3 is 0 Å². The Kier molecular flexibility index (Phi) is 6.16. The van der Waals surface area contributed by atoms with Crippen LogP contribution in [0.4, 0.5) is 0 Å². The zero-order valence-electron chi connectivity index (χ0n) is 11.9. The maximum atomic E-state index is 4.53. The van der Waals surface area contributed by atoms with Crippen molar-refractivity contribution in [2.45, 2.75) is 26.6 Å². The number of pyridine rings is 1. The molecule has 0 radical (unpaired) electrons. The molecule has 0 saturated heterocycles. The molecule has 0 bridgehead atoms. The molecular weight excluding hydrogens is 334 g/mol. The third-order valence-corrected chi connectivity index (χ3v) is 4.52. The Bertz CT molecular complexity index is 524. The average Bonchev–Trinajstić information content (AvgIpc) is 2.83. The lowest BCUT2D eigenvalue weighted by Crippen LogP contribution is -2.18. The fourth-order valence-corrected chi connectivity index (χ4v) is 3.20. The van der Waals surface area contributed by atoms with Crippen LogP contribution in [0.3, 0.4) is 0 Å². The van der Waals surface area contributed by atoms with Crippen LogP contribution in [-0.4, -0.2) is 23.5 Å². The van der Waals surface area contributed by atoms with Gasteiger partial charge in [0.25, 0.3) is 0 Å². The van der Waals surface area contributed by atoms with Gasteiger partial charge < -0.3 is 5.32 Å². The Labute approximate surface area is 133 Å². The highest BCUT2D eigenvalue weighted by molar-refractivity contribution is 9.11. The van der Waals surface area contributed by atoms with Crippen LogP contribution in [0.5, 0.6) is 0 Å². The highest BCUT2D eigenvalue weighted by atomic mass is 79.9. The van der Waals surface area contributed by atoms with Crippen LogP contribution in [-0.2, 0) is 19.6 Å². The van der Waals surface area contributed by atoms with E-state index in [0.717, 1.165) is 31.9 Å². The minimum Gasteiger partial charge on any atom is -0.313 e. The number of halogens is 1. The van der Waals surface area contributed by atoms with Crippen LogP contribution >= 0.6 is 27.3 Å². The minimum absolute atomic E-state index is 0.870. The van der Waals surface area contributed by atoms with E-state index in [-0.39, 0.29) is 0 Å². The average molecular weight is 354 g/mol. The molecule has 0 fully saturated rings. The standard InChI is InChI=1S/C15H20BrN3S/c1-3-17-7-12-4-5-14(18-8-12)10-19(2)9-13-6-15(16)20-11-13/h4-6,8,11,17H,3,7,9-10H2,1-2H3. The molecule has 0 amide bonds. The number of nitrogens with zero attached hydrogens (tertiary/aromatic N) is 2. The fraction of sp³-hybridized carbons (Fsp3) is 0.400. The zero-order chi connectivity index (χ0) is 14.4. The first kappa shape index (κ1) is 15.6. The van der Waals surface area contributed by atoms with E-state index in [1.165, 1.54) is 14.9 Å². The van der Waals surface area contributed by atoms with Crippen molar-refractivity contribution in [2.24, 2.45) is 0 Å². The van der Waals surface area contributed by atoms with Crippen molar-refractivity contribution in [1.82, 2.24) is 15.2 Å². The van der Waals surface area contributed by atoms with Gasteiger partial charge in [-0.1, -0.05) is 13.0 Å². The normalized spacial score (nSPS) is 11.2. The molecule has 2 aromatic heterocycles. The summed E-state index contributed by atoms with van der Waals surface area (Å²) in [7, 11) is 2.12. The number of nitrogens with one attached hydrogen (secondary N) is 1. The highest BCUT2D eigenvalue weighted by Crippen LogP contribution is 2.21. The van der Waals surface area contributed by atoms with Crippen molar-refractivity contribution in [2.75, 3.05) is 13.6 Å². The van der Waals surface area contributed by atoms with Gasteiger partial charge in [0.15, 0.2) is 0 Å². The molecule has 5 heteroatoms. The SMILES string of the molecule is CCNCc1ccc(CN(C)Cc2csc(Br)c2)nc1. The van der Waals surface area contributed by atoms with Crippen molar-refractivity contribution in [3.05, 3.63) is 50.4 Å². The lowest BCUT2D eigenvalue weighted by atomic mass is 10.2. The topological polar surface area (TPSA) is 28.2 Å². The largest absolute Gasteiger partial charge is 0.313 e. The van der Waals surface area contributed by atoms with Crippen LogP contribution in [0.1, 0.15) is 23.7 Å². The number of thiophene rings is 1. The third-order valence-electron chi connectivity index (χ3n) is 2.97. The van der Waals surface area contributed by atoms with Gasteiger partial charge in [-0.3, -0.25) is 9.88 Å². The van der Waals surface area contributed by atoms with Crippen molar-refractivity contribution < 1.29 is 0 Å². The Morgan fingerprint density at radius 2 is 2.15 bits per heavy atom. The van der Waals surface area contributed by atoms with E-state index in [9.17, 15) is 0 Å². The van der Waals surface area contributed by atoms with Crippen molar-refractivity contribution in [3.63, 3.8) is 0 Å². The predicted octanol–water partition coefficient (Wildman–Crippen LogP) is 3.65. The summed E-state index contributed by atoms with van der Waals surface area (Å²) < 4.78 is 1.19. The van der Waals surface area contributed by atoms with Gasteiger partial charge in [0.2, 0.25) is 0 Å². The maximum Gasteiger partial charge on any atom is 0.0701 e. The Hall–Kier alpha value is -0.750. The summed E-state index contributed by atoms with van der Waals surface area (Å²) in [5.41, 5.74) is 3.69. The van der Waals surface area contributed by atoms with Gasteiger partial charge in [-0.25, -0.2) is 0 Å². The molecule has 20 heavy (non-hydrogen) atoms. The number of hydrogen-bond acceptors (Lipinski definition) is 4. The first-order valence-corrected chi connectivity index (χ1v) is 8.40. The second kappa shape index (κ2) is 7.88. The summed E-state index contributed by atoms with van der Waals surface area (Å²) in [4.78, 5) is 6.81. The van der Waals surface area contributed by atoms with Crippen molar-refractivity contribution >= 4 is 27.3 Å². The lowest BCUT2D eigenvalue weighted by molar-refractivity contribution is 0.315. The molecule has 2 heterocycles. The minimum atomic E-state index is 0.870. The first-order valence-electron chi connectivity index (χ1n) is 6.73. The van der Waals surface area contributed by atoms with Crippen molar-refractivity contribution in [1.29, 1.82) is 0 Å². The van der Waals surface area contributed by atoms with Gasteiger partial charge in [0.1, 0.15) is 0 Å². The molecule has 0 unspecified atom stereocenters. The predicted molar refractivity (Wildman–Crippen MR) is 88.8 cm³/mol. The molecule has 108 valence electrons. The molecule has 0 aromatic carbocycles. The maximum absolute atomic E-state index is 4.53. The van der Waals surface area contributed by atoms with Crippen LogP contribution in [0.2, 0.25) is 0 Å². The first-order chi connectivity index (χ1) is 9.67. The van der Waals surface area contributed by atoms with E-state index in [1.807, 2.05) is 6.20 Å². The molecule has 0 atom stereocenters. The van der Waals surface area contributed by atoms with Crippen LogP contribution in [0, 0.1) is 0 Å². The number of hydrogen-bond donors (Lipinski definition) is 1. The molecule has 2 aromatic rings. The zero-order valence-corrected chi connectivity index (χ0v) is 14.3. The Balaban J connectivity index is 1.85. The highest BCUT2D eigenvalue weighted by Gasteiger charge is 2.05. The Morgan fingerprint density at radius 3 is 2.75 bits per heavy atom. The van der Waals surface area contributed by atoms with E-state index in [1.54, 1.807) is 11.3 Å². The quantitative estimate of drug-likeness (QED) is 0.823. The summed E-state index contributed by atoms with van der Waals surface area (Å²) in [6.07, 6.45) is 1.97. The van der Waals surface area contributed by atoms with Crippen molar-refractivity contribution in [3.8, 4) is 0 Å². The van der Waals surface area contributed by atoms with Gasteiger partial charge in [-0.15, -0.1) is 11.3 Å². The molecule has 3 nitrogen and oxygen atoms in total. The van der Waals surface area contributed by atoms with Gasteiger partial charge in [-0.05, 0) is 58.2 Å².